The molecule has 138 valence electrons. The van der Waals surface area contributed by atoms with Crippen LogP contribution in [-0.4, -0.2) is 43.1 Å². The van der Waals surface area contributed by atoms with Gasteiger partial charge in [-0.3, -0.25) is 4.79 Å². The highest BCUT2D eigenvalue weighted by atomic mass is 19.1. The van der Waals surface area contributed by atoms with Crippen LogP contribution in [0.15, 0.2) is 23.2 Å². The van der Waals surface area contributed by atoms with E-state index in [4.69, 9.17) is 4.74 Å². The van der Waals surface area contributed by atoms with E-state index in [0.717, 1.165) is 37.6 Å². The predicted octanol–water partition coefficient (Wildman–Crippen LogP) is 2.71. The number of hydrogen-bond acceptors (Lipinski definition) is 3. The van der Waals surface area contributed by atoms with E-state index in [1.807, 2.05) is 11.8 Å². The van der Waals surface area contributed by atoms with Gasteiger partial charge in [-0.25, -0.2) is 13.8 Å². The fourth-order valence-corrected chi connectivity index (χ4v) is 2.87. The highest BCUT2D eigenvalue weighted by molar-refractivity contribution is 5.81. The molecule has 1 aromatic carbocycles. The van der Waals surface area contributed by atoms with E-state index in [-0.39, 0.29) is 24.0 Å². The molecule has 0 bridgehead atoms. The number of hydrogen-bond donors (Lipinski definition) is 1. The van der Waals surface area contributed by atoms with Crippen molar-refractivity contribution in [3.8, 4) is 0 Å². The van der Waals surface area contributed by atoms with E-state index in [1.165, 1.54) is 0 Å². The van der Waals surface area contributed by atoms with Gasteiger partial charge in [0.15, 0.2) is 5.96 Å². The molecule has 0 spiro atoms. The maximum atomic E-state index is 13.8. The first-order valence-corrected chi connectivity index (χ1v) is 8.69. The molecule has 0 saturated carbocycles. The average Bonchev–Trinajstić information content (AvgIpc) is 2.61. The maximum Gasteiger partial charge on any atom is 0.310 e. The minimum absolute atomic E-state index is 0.0342. The van der Waals surface area contributed by atoms with Crippen LogP contribution in [0.4, 0.5) is 8.78 Å². The standard InChI is InChI=1S/C18H25F2N3O2/c1-3-21-18(22-11-14-10-15(19)7-8-16(14)20)23-9-5-6-13(12-23)17(24)25-4-2/h7-8,10,13H,3-6,9,11-12H2,1-2H3,(H,21,22). The molecule has 1 heterocycles. The van der Waals surface area contributed by atoms with Gasteiger partial charge >= 0.3 is 5.97 Å². The summed E-state index contributed by atoms with van der Waals surface area (Å²) in [4.78, 5) is 18.4. The fraction of sp³-hybridized carbons (Fsp3) is 0.556. The molecule has 1 unspecified atom stereocenters. The largest absolute Gasteiger partial charge is 0.466 e. The van der Waals surface area contributed by atoms with Crippen LogP contribution in [0, 0.1) is 17.6 Å². The monoisotopic (exact) mass is 353 g/mol. The molecule has 1 N–H and O–H groups in total. The summed E-state index contributed by atoms with van der Waals surface area (Å²) in [5.41, 5.74) is 0.203. The first kappa shape index (κ1) is 19.1. The smallest absolute Gasteiger partial charge is 0.310 e. The molecular weight excluding hydrogens is 328 g/mol. The lowest BCUT2D eigenvalue weighted by atomic mass is 9.98. The zero-order chi connectivity index (χ0) is 18.2. The average molecular weight is 353 g/mol. The molecule has 1 aliphatic rings. The third kappa shape index (κ3) is 5.41. The van der Waals surface area contributed by atoms with Gasteiger partial charge in [0.1, 0.15) is 11.6 Å². The number of esters is 1. The first-order valence-electron chi connectivity index (χ1n) is 8.69. The number of guanidine groups is 1. The summed E-state index contributed by atoms with van der Waals surface area (Å²) in [7, 11) is 0. The predicted molar refractivity (Wildman–Crippen MR) is 92.1 cm³/mol. The van der Waals surface area contributed by atoms with E-state index >= 15 is 0 Å². The Labute approximate surface area is 147 Å². The quantitative estimate of drug-likeness (QED) is 0.502. The van der Waals surface area contributed by atoms with Crippen LogP contribution < -0.4 is 5.32 Å². The third-order valence-electron chi connectivity index (χ3n) is 4.08. The van der Waals surface area contributed by atoms with Gasteiger partial charge < -0.3 is 15.0 Å². The Morgan fingerprint density at radius 2 is 2.20 bits per heavy atom. The number of aliphatic imine (C=N–C) groups is 1. The highest BCUT2D eigenvalue weighted by Crippen LogP contribution is 2.18. The molecule has 5 nitrogen and oxygen atoms in total. The van der Waals surface area contributed by atoms with Crippen LogP contribution in [0.2, 0.25) is 0 Å². The van der Waals surface area contributed by atoms with E-state index in [2.05, 4.69) is 10.3 Å². The van der Waals surface area contributed by atoms with Gasteiger partial charge in [-0.15, -0.1) is 0 Å². The number of nitrogens with zero attached hydrogens (tertiary/aromatic N) is 2. The van der Waals surface area contributed by atoms with Gasteiger partial charge in [0.25, 0.3) is 0 Å². The molecule has 0 radical (unpaired) electrons. The van der Waals surface area contributed by atoms with Crippen molar-refractivity contribution < 1.29 is 18.3 Å². The van der Waals surface area contributed by atoms with E-state index in [9.17, 15) is 13.6 Å². The summed E-state index contributed by atoms with van der Waals surface area (Å²) in [6.07, 6.45) is 1.63. The number of ether oxygens (including phenoxy) is 1. The van der Waals surface area contributed by atoms with Crippen molar-refractivity contribution in [2.45, 2.75) is 33.2 Å². The molecule has 1 saturated heterocycles. The topological polar surface area (TPSA) is 53.9 Å². The summed E-state index contributed by atoms with van der Waals surface area (Å²) in [5.74, 6) is -0.760. The van der Waals surface area contributed by atoms with Crippen molar-refractivity contribution in [1.29, 1.82) is 0 Å². The Balaban J connectivity index is 2.10. The van der Waals surface area contributed by atoms with E-state index < -0.39 is 11.6 Å². The number of carbonyl (C=O) groups excluding carboxylic acids is 1. The second-order valence-electron chi connectivity index (χ2n) is 5.94. The summed E-state index contributed by atoms with van der Waals surface area (Å²) in [6.45, 7) is 6.03. The van der Waals surface area contributed by atoms with E-state index in [1.54, 1.807) is 6.92 Å². The van der Waals surface area contributed by atoms with Crippen LogP contribution in [0.3, 0.4) is 0 Å². The number of likely N-dealkylation sites (tertiary alicyclic amines) is 1. The van der Waals surface area contributed by atoms with Crippen LogP contribution >= 0.6 is 0 Å². The molecule has 1 atom stereocenters. The lowest BCUT2D eigenvalue weighted by molar-refractivity contribution is -0.149. The second-order valence-corrected chi connectivity index (χ2v) is 5.94. The molecule has 1 aromatic rings. The number of piperidine rings is 1. The summed E-state index contributed by atoms with van der Waals surface area (Å²) in [6, 6.07) is 3.34. The van der Waals surface area contributed by atoms with Gasteiger partial charge in [0.05, 0.1) is 19.1 Å². The molecule has 7 heteroatoms. The Kier molecular flexibility index (Phi) is 7.16. The third-order valence-corrected chi connectivity index (χ3v) is 4.08. The lowest BCUT2D eigenvalue weighted by Gasteiger charge is -2.34. The Hall–Kier alpha value is -2.18. The van der Waals surface area contributed by atoms with Crippen molar-refractivity contribution in [3.05, 3.63) is 35.4 Å². The summed E-state index contributed by atoms with van der Waals surface area (Å²) >= 11 is 0. The van der Waals surface area contributed by atoms with Crippen LogP contribution in [0.1, 0.15) is 32.3 Å². The molecule has 1 aliphatic heterocycles. The van der Waals surface area contributed by atoms with Crippen LogP contribution in [-0.2, 0) is 16.1 Å². The van der Waals surface area contributed by atoms with Gasteiger partial charge in [-0.2, -0.15) is 0 Å². The lowest BCUT2D eigenvalue weighted by Crippen LogP contribution is -2.48. The van der Waals surface area contributed by atoms with Crippen molar-refractivity contribution in [1.82, 2.24) is 10.2 Å². The number of rotatable bonds is 5. The number of carbonyl (C=O) groups is 1. The minimum atomic E-state index is -0.489. The molecular formula is C18H25F2N3O2. The first-order chi connectivity index (χ1) is 12.0. The minimum Gasteiger partial charge on any atom is -0.466 e. The number of nitrogens with one attached hydrogen (secondary N) is 1. The highest BCUT2D eigenvalue weighted by Gasteiger charge is 2.28. The molecule has 0 aromatic heterocycles. The second kappa shape index (κ2) is 9.34. The Morgan fingerprint density at radius 1 is 1.40 bits per heavy atom. The van der Waals surface area contributed by atoms with E-state index in [0.29, 0.717) is 25.7 Å². The Bertz CT molecular complexity index is 622. The number of benzene rings is 1. The van der Waals surface area contributed by atoms with Crippen LogP contribution in [0.25, 0.3) is 0 Å². The number of halogens is 2. The fourth-order valence-electron chi connectivity index (χ4n) is 2.87. The molecule has 2 rings (SSSR count). The van der Waals surface area contributed by atoms with Crippen molar-refractivity contribution in [2.75, 3.05) is 26.2 Å². The van der Waals surface area contributed by atoms with Crippen molar-refractivity contribution in [2.24, 2.45) is 10.9 Å². The summed E-state index contributed by atoms with van der Waals surface area (Å²) < 4.78 is 32.2. The van der Waals surface area contributed by atoms with Gasteiger partial charge in [0.2, 0.25) is 0 Å². The molecule has 0 amide bonds. The van der Waals surface area contributed by atoms with Gasteiger partial charge in [-0.05, 0) is 44.9 Å². The zero-order valence-electron chi connectivity index (χ0n) is 14.7. The summed E-state index contributed by atoms with van der Waals surface area (Å²) in [5, 5.41) is 3.16. The maximum absolute atomic E-state index is 13.8. The van der Waals surface area contributed by atoms with Crippen LogP contribution in [0.5, 0.6) is 0 Å². The SMILES string of the molecule is CCNC(=NCc1cc(F)ccc1F)N1CCCC(C(=O)OCC)C1. The van der Waals surface area contributed by atoms with Gasteiger partial charge in [-0.1, -0.05) is 0 Å². The normalized spacial score (nSPS) is 18.2. The van der Waals surface area contributed by atoms with Crippen molar-refractivity contribution in [3.63, 3.8) is 0 Å². The molecule has 25 heavy (non-hydrogen) atoms. The van der Waals surface area contributed by atoms with Crippen molar-refractivity contribution >= 4 is 11.9 Å². The van der Waals surface area contributed by atoms with Gasteiger partial charge in [0, 0.05) is 25.2 Å². The zero-order valence-corrected chi connectivity index (χ0v) is 14.7. The Morgan fingerprint density at radius 3 is 2.92 bits per heavy atom. The molecule has 0 aliphatic carbocycles. The molecule has 1 fully saturated rings.